The standard InChI is InChI=1S/C37H42ClN3O5S/c1-5-46-35-17-10-9-16-33(35)41(47(44,45)32-20-18-31(38)19-21-32)26-36(42)40(25-30-15-11-12-28(4)22-30)34(37(43)39-24-27(2)3)23-29-13-7-6-8-14-29/h6-22,27,34H,5,23-26H2,1-4H3,(H,39,43). The van der Waals surface area contributed by atoms with Gasteiger partial charge in [-0.3, -0.25) is 13.9 Å². The van der Waals surface area contributed by atoms with Crippen LogP contribution in [-0.4, -0.2) is 50.9 Å². The predicted octanol–water partition coefficient (Wildman–Crippen LogP) is 6.65. The van der Waals surface area contributed by atoms with Crippen LogP contribution in [0.1, 0.15) is 37.5 Å². The number of ether oxygens (including phenoxy) is 1. The summed E-state index contributed by atoms with van der Waals surface area (Å²) in [6.45, 7) is 7.97. The Balaban J connectivity index is 1.83. The number of hydrogen-bond acceptors (Lipinski definition) is 5. The van der Waals surface area contributed by atoms with Crippen LogP contribution in [-0.2, 0) is 32.6 Å². The Hall–Kier alpha value is -4.34. The van der Waals surface area contributed by atoms with E-state index < -0.39 is 28.5 Å². The third-order valence-corrected chi connectivity index (χ3v) is 9.53. The molecular weight excluding hydrogens is 634 g/mol. The fourth-order valence-corrected chi connectivity index (χ4v) is 6.72. The average molecular weight is 676 g/mol. The molecule has 1 atom stereocenters. The summed E-state index contributed by atoms with van der Waals surface area (Å²) in [4.78, 5) is 30.1. The maximum absolute atomic E-state index is 14.7. The summed E-state index contributed by atoms with van der Waals surface area (Å²) in [6, 6.07) is 28.7. The molecular formula is C37H42ClN3O5S. The van der Waals surface area contributed by atoms with E-state index in [1.807, 2.05) is 75.4 Å². The number of amides is 2. The van der Waals surface area contributed by atoms with E-state index in [-0.39, 0.29) is 42.0 Å². The van der Waals surface area contributed by atoms with Gasteiger partial charge in [0.15, 0.2) is 0 Å². The molecule has 0 aliphatic carbocycles. The Kier molecular flexibility index (Phi) is 12.4. The Bertz CT molecular complexity index is 1750. The maximum atomic E-state index is 14.7. The number of nitrogens with one attached hydrogen (secondary N) is 1. The molecule has 4 rings (SSSR count). The lowest BCUT2D eigenvalue weighted by atomic mass is 10.0. The highest BCUT2D eigenvalue weighted by Gasteiger charge is 2.35. The van der Waals surface area contributed by atoms with E-state index in [1.54, 1.807) is 31.2 Å². The molecule has 8 nitrogen and oxygen atoms in total. The molecule has 1 unspecified atom stereocenters. The lowest BCUT2D eigenvalue weighted by molar-refractivity contribution is -0.140. The fourth-order valence-electron chi connectivity index (χ4n) is 5.17. The zero-order valence-electron chi connectivity index (χ0n) is 27.2. The summed E-state index contributed by atoms with van der Waals surface area (Å²) >= 11 is 6.09. The van der Waals surface area contributed by atoms with Crippen LogP contribution in [0.15, 0.2) is 108 Å². The molecule has 4 aromatic carbocycles. The first-order valence-electron chi connectivity index (χ1n) is 15.7. The molecule has 2 amide bonds. The number of sulfonamides is 1. The summed E-state index contributed by atoms with van der Waals surface area (Å²) in [7, 11) is -4.30. The fraction of sp³-hybridized carbons (Fsp3) is 0.297. The second-order valence-corrected chi connectivity index (χ2v) is 14.0. The Morgan fingerprint density at radius 2 is 1.53 bits per heavy atom. The summed E-state index contributed by atoms with van der Waals surface area (Å²) in [5, 5.41) is 3.39. The van der Waals surface area contributed by atoms with Gasteiger partial charge in [-0.2, -0.15) is 0 Å². The minimum Gasteiger partial charge on any atom is -0.492 e. The van der Waals surface area contributed by atoms with E-state index in [4.69, 9.17) is 16.3 Å². The summed E-state index contributed by atoms with van der Waals surface area (Å²) in [6.07, 6.45) is 0.238. The number of anilines is 1. The van der Waals surface area contributed by atoms with Crippen molar-refractivity contribution in [1.29, 1.82) is 0 Å². The number of hydrogen-bond donors (Lipinski definition) is 1. The number of benzene rings is 4. The molecule has 47 heavy (non-hydrogen) atoms. The van der Waals surface area contributed by atoms with Crippen molar-refractivity contribution in [1.82, 2.24) is 10.2 Å². The second kappa shape index (κ2) is 16.5. The number of para-hydroxylation sites is 2. The molecule has 4 aromatic rings. The van der Waals surface area contributed by atoms with E-state index in [9.17, 15) is 18.0 Å². The summed E-state index contributed by atoms with van der Waals surface area (Å²) < 4.78 is 35.5. The Labute approximate surface area is 283 Å². The lowest BCUT2D eigenvalue weighted by Gasteiger charge is -2.34. The van der Waals surface area contributed by atoms with Crippen LogP contribution in [0.2, 0.25) is 5.02 Å². The molecule has 0 aliphatic rings. The van der Waals surface area contributed by atoms with Crippen molar-refractivity contribution in [3.05, 3.63) is 125 Å². The third-order valence-electron chi connectivity index (χ3n) is 7.51. The molecule has 0 bridgehead atoms. The first-order valence-corrected chi connectivity index (χ1v) is 17.5. The monoisotopic (exact) mass is 675 g/mol. The van der Waals surface area contributed by atoms with Crippen LogP contribution >= 0.6 is 11.6 Å². The van der Waals surface area contributed by atoms with Crippen LogP contribution in [0.3, 0.4) is 0 Å². The lowest BCUT2D eigenvalue weighted by Crippen LogP contribution is -2.53. The number of carbonyl (C=O) groups excluding carboxylic acids is 2. The second-order valence-electron chi connectivity index (χ2n) is 11.7. The minimum absolute atomic E-state index is 0.0400. The SMILES string of the molecule is CCOc1ccccc1N(CC(=O)N(Cc1cccc(C)c1)C(Cc1ccccc1)C(=O)NCC(C)C)S(=O)(=O)c1ccc(Cl)cc1. The van der Waals surface area contributed by atoms with Crippen molar-refractivity contribution in [2.75, 3.05) is 24.0 Å². The van der Waals surface area contributed by atoms with Crippen LogP contribution in [0.5, 0.6) is 5.75 Å². The van der Waals surface area contributed by atoms with Gasteiger partial charge in [-0.15, -0.1) is 0 Å². The Morgan fingerprint density at radius 3 is 2.19 bits per heavy atom. The van der Waals surface area contributed by atoms with Crippen molar-refractivity contribution >= 4 is 39.1 Å². The van der Waals surface area contributed by atoms with E-state index in [1.165, 1.54) is 29.2 Å². The molecule has 10 heteroatoms. The van der Waals surface area contributed by atoms with Gasteiger partial charge in [-0.05, 0) is 67.3 Å². The van der Waals surface area contributed by atoms with Crippen molar-refractivity contribution in [3.63, 3.8) is 0 Å². The highest BCUT2D eigenvalue weighted by molar-refractivity contribution is 7.92. The van der Waals surface area contributed by atoms with E-state index >= 15 is 0 Å². The number of nitrogens with zero attached hydrogens (tertiary/aromatic N) is 2. The van der Waals surface area contributed by atoms with Gasteiger partial charge >= 0.3 is 0 Å². The molecule has 1 N–H and O–H groups in total. The molecule has 0 aromatic heterocycles. The van der Waals surface area contributed by atoms with E-state index in [0.717, 1.165) is 21.0 Å². The molecule has 248 valence electrons. The molecule has 0 saturated heterocycles. The van der Waals surface area contributed by atoms with Gasteiger partial charge < -0.3 is 15.0 Å². The number of halogens is 1. The van der Waals surface area contributed by atoms with E-state index in [2.05, 4.69) is 5.32 Å². The number of carbonyl (C=O) groups is 2. The highest BCUT2D eigenvalue weighted by Crippen LogP contribution is 2.33. The average Bonchev–Trinajstić information content (AvgIpc) is 3.05. The summed E-state index contributed by atoms with van der Waals surface area (Å²) in [5.74, 6) is -0.366. The van der Waals surface area contributed by atoms with Gasteiger partial charge in [0, 0.05) is 24.5 Å². The number of rotatable bonds is 15. The van der Waals surface area contributed by atoms with Gasteiger partial charge in [0.2, 0.25) is 11.8 Å². The molecule has 0 heterocycles. The van der Waals surface area contributed by atoms with Gasteiger partial charge in [0.25, 0.3) is 10.0 Å². The maximum Gasteiger partial charge on any atom is 0.264 e. The quantitative estimate of drug-likeness (QED) is 0.152. The van der Waals surface area contributed by atoms with Crippen molar-refractivity contribution in [2.45, 2.75) is 51.6 Å². The summed E-state index contributed by atoms with van der Waals surface area (Å²) in [5.41, 5.74) is 2.88. The molecule has 0 fully saturated rings. The van der Waals surface area contributed by atoms with Gasteiger partial charge in [0.1, 0.15) is 18.3 Å². The van der Waals surface area contributed by atoms with E-state index in [0.29, 0.717) is 17.3 Å². The normalized spacial score (nSPS) is 12.0. The van der Waals surface area contributed by atoms with Crippen molar-refractivity contribution < 1.29 is 22.7 Å². The van der Waals surface area contributed by atoms with Crippen LogP contribution < -0.4 is 14.4 Å². The van der Waals surface area contributed by atoms with Gasteiger partial charge in [0.05, 0.1) is 17.2 Å². The van der Waals surface area contributed by atoms with Gasteiger partial charge in [-0.1, -0.05) is 97.7 Å². The zero-order chi connectivity index (χ0) is 34.0. The third kappa shape index (κ3) is 9.59. The largest absolute Gasteiger partial charge is 0.492 e. The molecule has 0 spiro atoms. The topological polar surface area (TPSA) is 96.0 Å². The van der Waals surface area contributed by atoms with Crippen LogP contribution in [0.4, 0.5) is 5.69 Å². The van der Waals surface area contributed by atoms with Crippen molar-refractivity contribution in [2.24, 2.45) is 5.92 Å². The zero-order valence-corrected chi connectivity index (χ0v) is 28.8. The van der Waals surface area contributed by atoms with Gasteiger partial charge in [-0.25, -0.2) is 8.42 Å². The number of aryl methyl sites for hydroxylation is 1. The van der Waals surface area contributed by atoms with Crippen LogP contribution in [0.25, 0.3) is 0 Å². The predicted molar refractivity (Wildman–Crippen MR) is 187 cm³/mol. The van der Waals surface area contributed by atoms with Crippen molar-refractivity contribution in [3.8, 4) is 5.75 Å². The smallest absolute Gasteiger partial charge is 0.264 e. The molecule has 0 saturated carbocycles. The van der Waals surface area contributed by atoms with Crippen LogP contribution in [0, 0.1) is 12.8 Å². The minimum atomic E-state index is -4.30. The Morgan fingerprint density at radius 1 is 0.872 bits per heavy atom. The first-order chi connectivity index (χ1) is 22.5. The first kappa shape index (κ1) is 35.5. The molecule has 0 aliphatic heterocycles. The highest BCUT2D eigenvalue weighted by atomic mass is 35.5. The molecule has 0 radical (unpaired) electrons.